The molecule has 1 aromatic heterocycles. The van der Waals surface area contributed by atoms with Crippen molar-refractivity contribution in [3.05, 3.63) is 12.2 Å². The molecule has 0 saturated heterocycles. The predicted molar refractivity (Wildman–Crippen MR) is 69.8 cm³/mol. The molecule has 0 fully saturated rings. The third-order valence-corrected chi connectivity index (χ3v) is 3.52. The highest BCUT2D eigenvalue weighted by Crippen LogP contribution is 2.11. The van der Waals surface area contributed by atoms with Gasteiger partial charge in [-0.1, -0.05) is 13.8 Å². The summed E-state index contributed by atoms with van der Waals surface area (Å²) in [6, 6.07) is -0.258. The molecule has 0 radical (unpaired) electrons. The minimum Gasteiger partial charge on any atom is -0.481 e. The molecule has 8 nitrogen and oxygen atoms in total. The summed E-state index contributed by atoms with van der Waals surface area (Å²) in [6.45, 7) is 5.40. The van der Waals surface area contributed by atoms with Crippen molar-refractivity contribution in [2.24, 2.45) is 11.8 Å². The maximum absolute atomic E-state index is 12.0. The Balaban J connectivity index is 1.88. The highest BCUT2D eigenvalue weighted by Gasteiger charge is 2.25. The molecule has 1 aromatic rings. The number of carboxylic acids is 1. The van der Waals surface area contributed by atoms with Crippen LogP contribution in [0.2, 0.25) is 0 Å². The number of aliphatic carboxylic acids is 1. The van der Waals surface area contributed by atoms with Crippen molar-refractivity contribution in [2.45, 2.75) is 26.9 Å². The van der Waals surface area contributed by atoms with E-state index in [1.165, 1.54) is 0 Å². The molecule has 2 heterocycles. The first-order valence-electron chi connectivity index (χ1n) is 6.61. The molecule has 1 aliphatic heterocycles. The molecule has 1 atom stereocenters. The van der Waals surface area contributed by atoms with Gasteiger partial charge in [-0.25, -0.2) is 4.79 Å². The molecule has 20 heavy (non-hydrogen) atoms. The van der Waals surface area contributed by atoms with Crippen LogP contribution < -0.4 is 5.32 Å². The Kier molecular flexibility index (Phi) is 4.21. The van der Waals surface area contributed by atoms with Gasteiger partial charge in [-0.05, 0) is 5.92 Å². The van der Waals surface area contributed by atoms with E-state index in [1.807, 2.05) is 18.4 Å². The number of nitrogens with zero attached hydrogens (tertiary/aromatic N) is 4. The van der Waals surface area contributed by atoms with E-state index in [-0.39, 0.29) is 18.5 Å². The SMILES string of the molecule is CC(C)C(CNC(=O)N1CCn2cnnc2C1)C(=O)O. The van der Waals surface area contributed by atoms with Crippen molar-refractivity contribution in [1.29, 1.82) is 0 Å². The summed E-state index contributed by atoms with van der Waals surface area (Å²) in [4.78, 5) is 24.7. The largest absolute Gasteiger partial charge is 0.481 e. The molecule has 2 N–H and O–H groups in total. The molecule has 2 rings (SSSR count). The van der Waals surface area contributed by atoms with Crippen LogP contribution >= 0.6 is 0 Å². The number of aromatic nitrogens is 3. The molecule has 0 saturated carbocycles. The molecule has 1 unspecified atom stereocenters. The van der Waals surface area contributed by atoms with E-state index in [4.69, 9.17) is 5.11 Å². The van der Waals surface area contributed by atoms with Gasteiger partial charge in [-0.15, -0.1) is 10.2 Å². The third kappa shape index (κ3) is 3.06. The Morgan fingerprint density at radius 3 is 2.85 bits per heavy atom. The molecule has 0 aromatic carbocycles. The fraction of sp³-hybridized carbons (Fsp3) is 0.667. The Bertz CT molecular complexity index is 499. The number of urea groups is 1. The Labute approximate surface area is 116 Å². The summed E-state index contributed by atoms with van der Waals surface area (Å²) < 4.78 is 1.90. The van der Waals surface area contributed by atoms with E-state index >= 15 is 0 Å². The topological polar surface area (TPSA) is 100 Å². The van der Waals surface area contributed by atoms with Gasteiger partial charge in [-0.2, -0.15) is 0 Å². The third-order valence-electron chi connectivity index (χ3n) is 3.52. The van der Waals surface area contributed by atoms with Crippen molar-refractivity contribution in [3.8, 4) is 0 Å². The van der Waals surface area contributed by atoms with Gasteiger partial charge in [-0.3, -0.25) is 4.79 Å². The molecule has 0 aliphatic carbocycles. The van der Waals surface area contributed by atoms with Crippen molar-refractivity contribution in [3.63, 3.8) is 0 Å². The molecular weight excluding hydrogens is 262 g/mol. The molecule has 1 aliphatic rings. The molecule has 110 valence electrons. The molecule has 0 spiro atoms. The average Bonchev–Trinajstić information content (AvgIpc) is 2.84. The van der Waals surface area contributed by atoms with Crippen LogP contribution in [0.5, 0.6) is 0 Å². The van der Waals surface area contributed by atoms with Gasteiger partial charge in [0.2, 0.25) is 0 Å². The van der Waals surface area contributed by atoms with Gasteiger partial charge in [0.05, 0.1) is 12.5 Å². The second kappa shape index (κ2) is 5.89. The Morgan fingerprint density at radius 1 is 1.45 bits per heavy atom. The zero-order chi connectivity index (χ0) is 14.7. The van der Waals surface area contributed by atoms with Crippen LogP contribution in [-0.4, -0.2) is 49.9 Å². The fourth-order valence-corrected chi connectivity index (χ4v) is 2.16. The van der Waals surface area contributed by atoms with Crippen molar-refractivity contribution >= 4 is 12.0 Å². The maximum Gasteiger partial charge on any atom is 0.317 e. The molecular formula is C12H19N5O3. The van der Waals surface area contributed by atoms with E-state index in [1.54, 1.807) is 11.2 Å². The maximum atomic E-state index is 12.0. The van der Waals surface area contributed by atoms with E-state index in [9.17, 15) is 9.59 Å². The van der Waals surface area contributed by atoms with E-state index < -0.39 is 11.9 Å². The normalized spacial score (nSPS) is 15.8. The highest BCUT2D eigenvalue weighted by atomic mass is 16.4. The first-order chi connectivity index (χ1) is 9.49. The minimum atomic E-state index is -0.890. The number of hydrogen-bond donors (Lipinski definition) is 2. The first kappa shape index (κ1) is 14.3. The fourth-order valence-electron chi connectivity index (χ4n) is 2.16. The molecule has 0 bridgehead atoms. The summed E-state index contributed by atoms with van der Waals surface area (Å²) in [5.74, 6) is -0.756. The monoisotopic (exact) mass is 281 g/mol. The summed E-state index contributed by atoms with van der Waals surface area (Å²) in [5, 5.41) is 19.5. The lowest BCUT2D eigenvalue weighted by atomic mass is 9.96. The summed E-state index contributed by atoms with van der Waals surface area (Å²) >= 11 is 0. The van der Waals surface area contributed by atoms with Crippen LogP contribution in [0.25, 0.3) is 0 Å². The highest BCUT2D eigenvalue weighted by molar-refractivity contribution is 5.76. The van der Waals surface area contributed by atoms with Crippen molar-refractivity contribution in [1.82, 2.24) is 25.0 Å². The van der Waals surface area contributed by atoms with Crippen LogP contribution in [-0.2, 0) is 17.9 Å². The number of fused-ring (bicyclic) bond motifs is 1. The van der Waals surface area contributed by atoms with Crippen molar-refractivity contribution < 1.29 is 14.7 Å². The van der Waals surface area contributed by atoms with Crippen LogP contribution in [0.1, 0.15) is 19.7 Å². The lowest BCUT2D eigenvalue weighted by Gasteiger charge is -2.28. The Hall–Kier alpha value is -2.12. The standard InChI is InChI=1S/C12H19N5O3/c1-8(2)9(11(18)19)5-13-12(20)16-3-4-17-7-14-15-10(17)6-16/h7-9H,3-6H2,1-2H3,(H,13,20)(H,18,19). The smallest absolute Gasteiger partial charge is 0.317 e. The van der Waals surface area contributed by atoms with Gasteiger partial charge in [0.15, 0.2) is 5.82 Å². The van der Waals surface area contributed by atoms with Crippen LogP contribution in [0.3, 0.4) is 0 Å². The lowest BCUT2D eigenvalue weighted by Crippen LogP contribution is -2.46. The van der Waals surface area contributed by atoms with Crippen LogP contribution in [0, 0.1) is 11.8 Å². The number of carboxylic acid groups (broad SMARTS) is 1. The second-order valence-electron chi connectivity index (χ2n) is 5.24. The summed E-state index contributed by atoms with van der Waals surface area (Å²) in [7, 11) is 0. The quantitative estimate of drug-likeness (QED) is 0.818. The zero-order valence-corrected chi connectivity index (χ0v) is 11.6. The Morgan fingerprint density at radius 2 is 2.20 bits per heavy atom. The van der Waals surface area contributed by atoms with Crippen molar-refractivity contribution in [2.75, 3.05) is 13.1 Å². The molecule has 2 amide bonds. The summed E-state index contributed by atoms with van der Waals surface area (Å²) in [5.41, 5.74) is 0. The number of hydrogen-bond acceptors (Lipinski definition) is 4. The second-order valence-corrected chi connectivity index (χ2v) is 5.24. The number of nitrogens with one attached hydrogen (secondary N) is 1. The minimum absolute atomic E-state index is 0.0303. The number of rotatable bonds is 4. The first-order valence-corrected chi connectivity index (χ1v) is 6.61. The van der Waals surface area contributed by atoms with Gasteiger partial charge in [0.25, 0.3) is 0 Å². The average molecular weight is 281 g/mol. The number of carbonyl (C=O) groups is 2. The van der Waals surface area contributed by atoms with E-state index in [0.717, 1.165) is 5.82 Å². The van der Waals surface area contributed by atoms with E-state index in [0.29, 0.717) is 19.6 Å². The number of amides is 2. The van der Waals surface area contributed by atoms with Gasteiger partial charge in [0.1, 0.15) is 6.33 Å². The van der Waals surface area contributed by atoms with Crippen LogP contribution in [0.15, 0.2) is 6.33 Å². The van der Waals surface area contributed by atoms with Gasteiger partial charge in [0, 0.05) is 19.6 Å². The molecule has 8 heteroatoms. The van der Waals surface area contributed by atoms with Crippen LogP contribution in [0.4, 0.5) is 4.79 Å². The zero-order valence-electron chi connectivity index (χ0n) is 11.6. The predicted octanol–water partition coefficient (Wildman–Crippen LogP) is 0.160. The lowest BCUT2D eigenvalue weighted by molar-refractivity contribution is -0.142. The van der Waals surface area contributed by atoms with Gasteiger partial charge < -0.3 is 19.9 Å². The summed E-state index contributed by atoms with van der Waals surface area (Å²) in [6.07, 6.45) is 1.64. The van der Waals surface area contributed by atoms with Gasteiger partial charge >= 0.3 is 12.0 Å². The number of carbonyl (C=O) groups excluding carboxylic acids is 1. The van der Waals surface area contributed by atoms with E-state index in [2.05, 4.69) is 15.5 Å².